The summed E-state index contributed by atoms with van der Waals surface area (Å²) in [7, 11) is 0. The number of nitrogens with zero attached hydrogens (tertiary/aromatic N) is 3. The van der Waals surface area contributed by atoms with Gasteiger partial charge >= 0.3 is 11.5 Å². The lowest BCUT2D eigenvalue weighted by Crippen LogP contribution is -2.51. The van der Waals surface area contributed by atoms with E-state index >= 15 is 0 Å². The smallest absolute Gasteiger partial charge is 0.477 e. The van der Waals surface area contributed by atoms with Gasteiger partial charge in [0.05, 0.1) is 6.20 Å². The number of aromatic nitrogens is 1. The van der Waals surface area contributed by atoms with Gasteiger partial charge < -0.3 is 5.21 Å². The normalized spacial score (nSPS) is 13.6. The average molecular weight is 149 g/mol. The molecule has 11 heavy (non-hydrogen) atoms. The summed E-state index contributed by atoms with van der Waals surface area (Å²) in [6, 6.07) is 2.47. The number of amides is 2. The van der Waals surface area contributed by atoms with Gasteiger partial charge in [-0.05, 0) is 12.1 Å². The molecule has 2 rings (SSSR count). The Morgan fingerprint density at radius 1 is 1.45 bits per heavy atom. The number of rotatable bonds is 0. The molecule has 0 atom stereocenters. The van der Waals surface area contributed by atoms with Gasteiger partial charge in [-0.1, -0.05) is 0 Å². The lowest BCUT2D eigenvalue weighted by molar-refractivity contribution is -0.623. The number of carbonyl (C=O) groups is 1. The molecule has 1 aliphatic rings. The number of hydrogen-bond acceptors (Lipinski definition) is 2. The van der Waals surface area contributed by atoms with Crippen molar-refractivity contribution in [2.45, 2.75) is 0 Å². The van der Waals surface area contributed by atoms with E-state index in [2.05, 4.69) is 9.98 Å². The molecular formula is C6H3N3O2. The highest BCUT2D eigenvalue weighted by Gasteiger charge is 2.14. The number of fused-ring (bicyclic) bond motifs is 1. The average Bonchev–Trinajstić information content (AvgIpc) is 2.31. The van der Waals surface area contributed by atoms with E-state index in [4.69, 9.17) is 0 Å². The van der Waals surface area contributed by atoms with Crippen LogP contribution in [0.4, 0.5) is 4.79 Å². The van der Waals surface area contributed by atoms with Crippen molar-refractivity contribution in [3.8, 4) is 0 Å². The highest BCUT2D eigenvalue weighted by atomic mass is 16.5. The van der Waals surface area contributed by atoms with Gasteiger partial charge in [0.1, 0.15) is 0 Å². The van der Waals surface area contributed by atoms with Crippen LogP contribution in [0.1, 0.15) is 0 Å². The minimum Gasteiger partial charge on any atom is -0.710 e. The van der Waals surface area contributed by atoms with Gasteiger partial charge in [0.2, 0.25) is 0 Å². The summed E-state index contributed by atoms with van der Waals surface area (Å²) >= 11 is 0. The van der Waals surface area contributed by atoms with Crippen LogP contribution in [0.2, 0.25) is 0 Å². The molecule has 0 fully saturated rings. The summed E-state index contributed by atoms with van der Waals surface area (Å²) in [6.07, 6.45) is 1.27. The fourth-order valence-electron chi connectivity index (χ4n) is 0.883. The lowest BCUT2D eigenvalue weighted by Gasteiger charge is -1.94. The molecular weight excluding hydrogens is 146 g/mol. The molecule has 1 aliphatic heterocycles. The van der Waals surface area contributed by atoms with Gasteiger partial charge in [-0.3, -0.25) is 0 Å². The zero-order chi connectivity index (χ0) is 7.84. The van der Waals surface area contributed by atoms with Crippen molar-refractivity contribution >= 4 is 6.03 Å². The van der Waals surface area contributed by atoms with Gasteiger partial charge in [-0.2, -0.15) is 4.99 Å². The Morgan fingerprint density at radius 2 is 2.27 bits per heavy atom. The molecule has 1 aromatic heterocycles. The number of carbonyl (C=O) groups excluding carboxylic acids is 1. The first-order chi connectivity index (χ1) is 5.27. The van der Waals surface area contributed by atoms with Crippen molar-refractivity contribution in [3.05, 3.63) is 34.4 Å². The Hall–Kier alpha value is -1.78. The van der Waals surface area contributed by atoms with Crippen LogP contribution in [0.3, 0.4) is 0 Å². The maximum atomic E-state index is 10.9. The molecule has 0 aliphatic carbocycles. The third kappa shape index (κ3) is 0.778. The Morgan fingerprint density at radius 3 is 3.00 bits per heavy atom. The largest absolute Gasteiger partial charge is 0.710 e. The standard InChI is InChI=1S/C6H3N3O2/c10-6-7-4-2-1-3-9(11)5(4)8-6/h1-3H. The van der Waals surface area contributed by atoms with Crippen molar-refractivity contribution in [3.63, 3.8) is 0 Å². The summed E-state index contributed by atoms with van der Waals surface area (Å²) in [4.78, 5) is 17.4. The number of pyridine rings is 1. The van der Waals surface area contributed by atoms with E-state index in [0.717, 1.165) is 0 Å². The van der Waals surface area contributed by atoms with Crippen LogP contribution in [0.5, 0.6) is 0 Å². The quantitative estimate of drug-likeness (QED) is 0.339. The van der Waals surface area contributed by atoms with E-state index < -0.39 is 6.03 Å². The van der Waals surface area contributed by atoms with E-state index in [9.17, 15) is 10.0 Å². The fraction of sp³-hybridized carbons (Fsp3) is 0. The fourth-order valence-corrected chi connectivity index (χ4v) is 0.883. The zero-order valence-electron chi connectivity index (χ0n) is 5.39. The first-order valence-corrected chi connectivity index (χ1v) is 2.97. The molecule has 0 unspecified atom stereocenters. The molecule has 1 aromatic rings. The van der Waals surface area contributed by atoms with Gasteiger partial charge in [0.25, 0.3) is 0 Å². The van der Waals surface area contributed by atoms with Crippen LogP contribution in [0.15, 0.2) is 28.3 Å². The summed E-state index contributed by atoms with van der Waals surface area (Å²) in [5, 5.41) is 11.2. The molecule has 0 bridgehead atoms. The van der Waals surface area contributed by atoms with Crippen molar-refractivity contribution in [2.24, 2.45) is 9.98 Å². The first kappa shape index (κ1) is 5.96. The number of urea groups is 1. The highest BCUT2D eigenvalue weighted by molar-refractivity contribution is 5.76. The SMILES string of the molecule is O=C1N=c2ccc[n+]([O-])c2=N1. The Kier molecular flexibility index (Phi) is 1.00. The maximum absolute atomic E-state index is 10.9. The molecule has 0 saturated heterocycles. The van der Waals surface area contributed by atoms with E-state index in [0.29, 0.717) is 10.1 Å². The minimum absolute atomic E-state index is 0.0810. The van der Waals surface area contributed by atoms with Crippen LogP contribution in [-0.2, 0) is 0 Å². The van der Waals surface area contributed by atoms with Crippen molar-refractivity contribution in [2.75, 3.05) is 0 Å². The van der Waals surface area contributed by atoms with Gasteiger partial charge in [0.15, 0.2) is 5.36 Å². The molecule has 0 spiro atoms. The molecule has 2 heterocycles. The van der Waals surface area contributed by atoms with E-state index in [-0.39, 0.29) is 5.49 Å². The summed E-state index contributed by atoms with van der Waals surface area (Å²) in [5.74, 6) is 0. The predicted molar refractivity (Wildman–Crippen MR) is 33.1 cm³/mol. The topological polar surface area (TPSA) is 68.7 Å². The second-order valence-electron chi connectivity index (χ2n) is 2.05. The monoisotopic (exact) mass is 149 g/mol. The van der Waals surface area contributed by atoms with Crippen LogP contribution >= 0.6 is 0 Å². The summed E-state index contributed by atoms with van der Waals surface area (Å²) in [6.45, 7) is 0. The van der Waals surface area contributed by atoms with E-state index in [1.54, 1.807) is 6.07 Å². The van der Waals surface area contributed by atoms with Crippen LogP contribution in [0, 0.1) is 5.21 Å². The van der Waals surface area contributed by atoms with E-state index in [1.165, 1.54) is 12.3 Å². The Labute approximate surface area is 60.9 Å². The molecule has 0 saturated carbocycles. The third-order valence-electron chi connectivity index (χ3n) is 1.33. The van der Waals surface area contributed by atoms with Crippen molar-refractivity contribution in [1.82, 2.24) is 0 Å². The van der Waals surface area contributed by atoms with Crippen molar-refractivity contribution in [1.29, 1.82) is 0 Å². The molecule has 0 N–H and O–H groups in total. The second kappa shape index (κ2) is 1.85. The van der Waals surface area contributed by atoms with Crippen LogP contribution < -0.4 is 15.6 Å². The maximum Gasteiger partial charge on any atom is 0.477 e. The number of hydrogen-bond donors (Lipinski definition) is 0. The third-order valence-corrected chi connectivity index (χ3v) is 1.33. The summed E-state index contributed by atoms with van der Waals surface area (Å²) < 4.78 is 0.518. The Balaban J connectivity index is 2.97. The molecule has 2 amide bonds. The van der Waals surface area contributed by atoms with Gasteiger partial charge in [0, 0.05) is 4.99 Å². The minimum atomic E-state index is -0.615. The molecule has 0 radical (unpaired) electrons. The van der Waals surface area contributed by atoms with Gasteiger partial charge in [-0.25, -0.2) is 9.52 Å². The van der Waals surface area contributed by atoms with Crippen molar-refractivity contribution < 1.29 is 9.52 Å². The van der Waals surface area contributed by atoms with Gasteiger partial charge in [-0.15, -0.1) is 0 Å². The molecule has 5 heteroatoms. The van der Waals surface area contributed by atoms with Crippen LogP contribution in [0.25, 0.3) is 0 Å². The zero-order valence-corrected chi connectivity index (χ0v) is 5.39. The molecule has 54 valence electrons. The van der Waals surface area contributed by atoms with Crippen LogP contribution in [-0.4, -0.2) is 6.03 Å². The highest BCUT2D eigenvalue weighted by Crippen LogP contribution is 1.80. The van der Waals surface area contributed by atoms with E-state index in [1.807, 2.05) is 0 Å². The first-order valence-electron chi connectivity index (χ1n) is 2.97. The lowest BCUT2D eigenvalue weighted by atomic mass is 10.5. The molecule has 5 nitrogen and oxygen atoms in total. The Bertz CT molecular complexity index is 438. The molecule has 0 aromatic carbocycles. The second-order valence-corrected chi connectivity index (χ2v) is 2.05. The predicted octanol–water partition coefficient (Wildman–Crippen LogP) is -1.31. The summed E-state index contributed by atoms with van der Waals surface area (Å²) in [5.41, 5.74) is 0.0810.